The van der Waals surface area contributed by atoms with E-state index in [0.29, 0.717) is 12.6 Å². The van der Waals surface area contributed by atoms with Crippen LogP contribution in [0.3, 0.4) is 0 Å². The van der Waals surface area contributed by atoms with Crippen LogP contribution in [0, 0.1) is 13.8 Å². The smallest absolute Gasteiger partial charge is 0.126 e. The maximum atomic E-state index is 5.76. The van der Waals surface area contributed by atoms with Crippen LogP contribution in [0.4, 0.5) is 0 Å². The van der Waals surface area contributed by atoms with Gasteiger partial charge >= 0.3 is 0 Å². The van der Waals surface area contributed by atoms with Gasteiger partial charge in [-0.1, -0.05) is 12.2 Å². The van der Waals surface area contributed by atoms with Gasteiger partial charge in [0, 0.05) is 5.56 Å². The topological polar surface area (TPSA) is 21.3 Å². The molecule has 1 aromatic carbocycles. The van der Waals surface area contributed by atoms with Gasteiger partial charge in [0.15, 0.2) is 0 Å². The van der Waals surface area contributed by atoms with E-state index in [1.54, 1.807) is 0 Å². The van der Waals surface area contributed by atoms with Crippen LogP contribution in [0.2, 0.25) is 0 Å². The summed E-state index contributed by atoms with van der Waals surface area (Å²) in [6.45, 7) is 4.94. The minimum Gasteiger partial charge on any atom is -0.491 e. The highest BCUT2D eigenvalue weighted by molar-refractivity contribution is 5.61. The Hall–Kier alpha value is -1.28. The quantitative estimate of drug-likeness (QED) is 0.756. The van der Waals surface area contributed by atoms with E-state index >= 15 is 0 Å². The molecule has 0 amide bonds. The van der Waals surface area contributed by atoms with Crippen molar-refractivity contribution in [2.45, 2.75) is 19.9 Å². The van der Waals surface area contributed by atoms with Crippen LogP contribution < -0.4 is 10.1 Å². The molecule has 1 aliphatic rings. The third kappa shape index (κ3) is 2.05. The lowest BCUT2D eigenvalue weighted by atomic mass is 10.0. The molecule has 0 saturated carbocycles. The number of hydrogen-bond acceptors (Lipinski definition) is 2. The molecule has 1 unspecified atom stereocenters. The Kier molecular flexibility index (Phi) is 2.78. The molecular weight excluding hydrogens is 186 g/mol. The van der Waals surface area contributed by atoms with Crippen LogP contribution in [-0.2, 0) is 0 Å². The van der Waals surface area contributed by atoms with E-state index < -0.39 is 0 Å². The van der Waals surface area contributed by atoms with Crippen molar-refractivity contribution < 1.29 is 4.74 Å². The highest BCUT2D eigenvalue weighted by atomic mass is 16.5. The Morgan fingerprint density at radius 1 is 1.27 bits per heavy atom. The number of aryl methyl sites for hydroxylation is 2. The van der Waals surface area contributed by atoms with Crippen molar-refractivity contribution in [3.63, 3.8) is 0 Å². The number of benzene rings is 1. The monoisotopic (exact) mass is 203 g/mol. The van der Waals surface area contributed by atoms with Crippen LogP contribution >= 0.6 is 0 Å². The fraction of sp³-hybridized carbons (Fsp3) is 0.385. The average molecular weight is 203 g/mol. The number of likely N-dealkylation sites (N-methyl/N-ethyl adjacent to an activating group) is 1. The predicted molar refractivity (Wildman–Crippen MR) is 63.3 cm³/mol. The Bertz CT molecular complexity index is 396. The molecule has 80 valence electrons. The predicted octanol–water partition coefficient (Wildman–Crippen LogP) is 2.30. The second-order valence-electron chi connectivity index (χ2n) is 4.04. The molecule has 1 heterocycles. The lowest BCUT2D eigenvalue weighted by Gasteiger charge is -2.12. The molecule has 2 nitrogen and oxygen atoms in total. The minimum atomic E-state index is 0.304. The zero-order valence-electron chi connectivity index (χ0n) is 9.50. The van der Waals surface area contributed by atoms with Gasteiger partial charge in [0.05, 0.1) is 6.04 Å². The van der Waals surface area contributed by atoms with E-state index in [9.17, 15) is 0 Å². The first-order chi connectivity index (χ1) is 7.20. The number of fused-ring (bicyclic) bond motifs is 1. The van der Waals surface area contributed by atoms with Crippen molar-refractivity contribution in [3.05, 3.63) is 34.9 Å². The SMILES string of the molecule is CNC1C=Cc2cc(C)c(C)cc2OC1. The van der Waals surface area contributed by atoms with E-state index in [0.717, 1.165) is 5.75 Å². The van der Waals surface area contributed by atoms with Crippen LogP contribution in [0.25, 0.3) is 6.08 Å². The first kappa shape index (κ1) is 10.2. The van der Waals surface area contributed by atoms with E-state index in [-0.39, 0.29) is 0 Å². The number of rotatable bonds is 1. The zero-order valence-corrected chi connectivity index (χ0v) is 9.50. The molecule has 0 aliphatic carbocycles. The van der Waals surface area contributed by atoms with E-state index in [4.69, 9.17) is 4.74 Å². The van der Waals surface area contributed by atoms with Gasteiger partial charge in [-0.25, -0.2) is 0 Å². The van der Waals surface area contributed by atoms with Gasteiger partial charge in [0.1, 0.15) is 12.4 Å². The number of ether oxygens (including phenoxy) is 1. The second kappa shape index (κ2) is 4.07. The first-order valence-corrected chi connectivity index (χ1v) is 5.30. The van der Waals surface area contributed by atoms with Gasteiger partial charge in [0.2, 0.25) is 0 Å². The summed E-state index contributed by atoms with van der Waals surface area (Å²) in [4.78, 5) is 0. The lowest BCUT2D eigenvalue weighted by molar-refractivity contribution is 0.294. The van der Waals surface area contributed by atoms with Crippen molar-refractivity contribution in [2.24, 2.45) is 0 Å². The molecule has 0 radical (unpaired) electrons. The Balaban J connectivity index is 2.38. The van der Waals surface area contributed by atoms with Crippen molar-refractivity contribution >= 4 is 6.08 Å². The minimum absolute atomic E-state index is 0.304. The molecule has 1 aliphatic heterocycles. The molecule has 1 aromatic rings. The second-order valence-corrected chi connectivity index (χ2v) is 4.04. The maximum Gasteiger partial charge on any atom is 0.126 e. The van der Waals surface area contributed by atoms with Gasteiger partial charge in [-0.3, -0.25) is 0 Å². The third-order valence-electron chi connectivity index (χ3n) is 2.92. The number of nitrogens with one attached hydrogen (secondary N) is 1. The molecule has 15 heavy (non-hydrogen) atoms. The fourth-order valence-electron chi connectivity index (χ4n) is 1.70. The molecule has 1 N–H and O–H groups in total. The van der Waals surface area contributed by atoms with Crippen molar-refractivity contribution in [1.29, 1.82) is 0 Å². The average Bonchev–Trinajstić information content (AvgIpc) is 2.42. The third-order valence-corrected chi connectivity index (χ3v) is 2.92. The standard InChI is InChI=1S/C13H17NO/c1-9-6-11-4-5-12(14-3)8-15-13(11)7-10(9)2/h4-7,12,14H,8H2,1-3H3. The fourth-order valence-corrected chi connectivity index (χ4v) is 1.70. The number of hydrogen-bond donors (Lipinski definition) is 1. The molecule has 0 spiro atoms. The summed E-state index contributed by atoms with van der Waals surface area (Å²) >= 11 is 0. The molecule has 0 aromatic heterocycles. The molecule has 0 bridgehead atoms. The summed E-state index contributed by atoms with van der Waals surface area (Å²) in [6, 6.07) is 4.60. The van der Waals surface area contributed by atoms with E-state index in [1.165, 1.54) is 16.7 Å². The maximum absolute atomic E-state index is 5.76. The van der Waals surface area contributed by atoms with Crippen LogP contribution in [0.15, 0.2) is 18.2 Å². The zero-order chi connectivity index (χ0) is 10.8. The van der Waals surface area contributed by atoms with Crippen molar-refractivity contribution in [2.75, 3.05) is 13.7 Å². The summed E-state index contributed by atoms with van der Waals surface area (Å²) in [7, 11) is 1.95. The molecule has 0 fully saturated rings. The Morgan fingerprint density at radius 3 is 2.73 bits per heavy atom. The largest absolute Gasteiger partial charge is 0.491 e. The van der Waals surface area contributed by atoms with Gasteiger partial charge in [-0.05, 0) is 44.2 Å². The Morgan fingerprint density at radius 2 is 2.00 bits per heavy atom. The van der Waals surface area contributed by atoms with Crippen LogP contribution in [0.5, 0.6) is 5.75 Å². The van der Waals surface area contributed by atoms with E-state index in [1.807, 2.05) is 7.05 Å². The molecule has 2 rings (SSSR count). The van der Waals surface area contributed by atoms with Gasteiger partial charge < -0.3 is 10.1 Å². The van der Waals surface area contributed by atoms with Gasteiger partial charge in [-0.2, -0.15) is 0 Å². The van der Waals surface area contributed by atoms with Gasteiger partial charge in [-0.15, -0.1) is 0 Å². The highest BCUT2D eigenvalue weighted by Gasteiger charge is 2.11. The molecule has 2 heteroatoms. The lowest BCUT2D eigenvalue weighted by Crippen LogP contribution is -2.28. The summed E-state index contributed by atoms with van der Waals surface area (Å²) in [5, 5.41) is 3.20. The Labute approximate surface area is 91.0 Å². The van der Waals surface area contributed by atoms with Gasteiger partial charge in [0.25, 0.3) is 0 Å². The first-order valence-electron chi connectivity index (χ1n) is 5.30. The summed E-state index contributed by atoms with van der Waals surface area (Å²) in [5.74, 6) is 0.993. The van der Waals surface area contributed by atoms with Crippen LogP contribution in [0.1, 0.15) is 16.7 Å². The molecule has 1 atom stereocenters. The van der Waals surface area contributed by atoms with Crippen LogP contribution in [-0.4, -0.2) is 19.7 Å². The summed E-state index contributed by atoms with van der Waals surface area (Å²) in [5.41, 5.74) is 3.77. The molecular formula is C13H17NO. The van der Waals surface area contributed by atoms with E-state index in [2.05, 4.69) is 43.4 Å². The summed E-state index contributed by atoms with van der Waals surface area (Å²) in [6.07, 6.45) is 4.29. The highest BCUT2D eigenvalue weighted by Crippen LogP contribution is 2.26. The molecule has 0 saturated heterocycles. The summed E-state index contributed by atoms with van der Waals surface area (Å²) < 4.78 is 5.76. The van der Waals surface area contributed by atoms with Crippen molar-refractivity contribution in [3.8, 4) is 5.75 Å². The van der Waals surface area contributed by atoms with Crippen molar-refractivity contribution in [1.82, 2.24) is 5.32 Å². The normalized spacial score (nSPS) is 19.3.